The molecule has 30 heavy (non-hydrogen) atoms. The number of hydrogen-bond donors (Lipinski definition) is 1. The number of hydrogen-bond acceptors (Lipinski definition) is 4. The SMILES string of the molecule is c1ccc(CCOc2ccc(CNc3cccc(OC[C@H]4CCCO4)c3)cc2)cc1. The topological polar surface area (TPSA) is 39.7 Å². The average Bonchev–Trinajstić information content (AvgIpc) is 3.32. The van der Waals surface area contributed by atoms with Crippen molar-refractivity contribution < 1.29 is 14.2 Å². The lowest BCUT2D eigenvalue weighted by Crippen LogP contribution is -2.16. The Labute approximate surface area is 178 Å². The quantitative estimate of drug-likeness (QED) is 0.487. The third kappa shape index (κ3) is 6.26. The Hall–Kier alpha value is -2.98. The van der Waals surface area contributed by atoms with E-state index >= 15 is 0 Å². The van der Waals surface area contributed by atoms with Gasteiger partial charge in [0.1, 0.15) is 18.1 Å². The third-order valence-electron chi connectivity index (χ3n) is 5.22. The Kier molecular flexibility index (Phi) is 7.24. The molecule has 0 radical (unpaired) electrons. The molecular weight excluding hydrogens is 374 g/mol. The van der Waals surface area contributed by atoms with E-state index in [1.165, 1.54) is 11.1 Å². The molecule has 1 aliphatic rings. The van der Waals surface area contributed by atoms with E-state index in [0.717, 1.165) is 49.6 Å². The molecule has 4 heteroatoms. The minimum absolute atomic E-state index is 0.232. The first kappa shape index (κ1) is 20.3. The molecule has 0 aromatic heterocycles. The molecule has 1 N–H and O–H groups in total. The predicted octanol–water partition coefficient (Wildman–Crippen LogP) is 5.48. The molecule has 1 heterocycles. The van der Waals surface area contributed by atoms with Crippen molar-refractivity contribution in [3.05, 3.63) is 90.0 Å². The summed E-state index contributed by atoms with van der Waals surface area (Å²) in [5, 5.41) is 3.46. The highest BCUT2D eigenvalue weighted by molar-refractivity contribution is 5.48. The Balaban J connectivity index is 1.21. The van der Waals surface area contributed by atoms with Crippen molar-refractivity contribution in [2.75, 3.05) is 25.1 Å². The van der Waals surface area contributed by atoms with Crippen molar-refractivity contribution in [1.82, 2.24) is 0 Å². The summed E-state index contributed by atoms with van der Waals surface area (Å²) in [5.74, 6) is 1.77. The molecule has 0 spiro atoms. The van der Waals surface area contributed by atoms with E-state index in [9.17, 15) is 0 Å². The standard InChI is InChI=1S/C26H29NO3/c1-2-6-21(7-3-1)15-17-29-24-13-11-22(12-14-24)19-27-23-8-4-9-25(18-23)30-20-26-10-5-16-28-26/h1-4,6-9,11-14,18,26-27H,5,10,15-17,19-20H2/t26-/m1/s1. The smallest absolute Gasteiger partial charge is 0.121 e. The Morgan fingerprint density at radius 1 is 0.833 bits per heavy atom. The maximum atomic E-state index is 5.89. The second-order valence-corrected chi connectivity index (χ2v) is 7.56. The number of ether oxygens (including phenoxy) is 3. The van der Waals surface area contributed by atoms with Gasteiger partial charge in [0.25, 0.3) is 0 Å². The summed E-state index contributed by atoms with van der Waals surface area (Å²) in [6.07, 6.45) is 3.36. The van der Waals surface area contributed by atoms with Crippen LogP contribution in [0, 0.1) is 0 Å². The molecule has 0 bridgehead atoms. The van der Waals surface area contributed by atoms with Crippen LogP contribution in [-0.4, -0.2) is 25.9 Å². The molecule has 3 aromatic rings. The van der Waals surface area contributed by atoms with Crippen LogP contribution in [0.1, 0.15) is 24.0 Å². The van der Waals surface area contributed by atoms with Gasteiger partial charge in [0.2, 0.25) is 0 Å². The Morgan fingerprint density at radius 3 is 2.50 bits per heavy atom. The summed E-state index contributed by atoms with van der Waals surface area (Å²) in [7, 11) is 0. The van der Waals surface area contributed by atoms with Crippen LogP contribution in [0.5, 0.6) is 11.5 Å². The van der Waals surface area contributed by atoms with Gasteiger partial charge in [-0.3, -0.25) is 0 Å². The van der Waals surface area contributed by atoms with Crippen LogP contribution in [0.2, 0.25) is 0 Å². The zero-order valence-corrected chi connectivity index (χ0v) is 17.3. The van der Waals surface area contributed by atoms with E-state index in [-0.39, 0.29) is 6.10 Å². The molecule has 0 saturated carbocycles. The lowest BCUT2D eigenvalue weighted by Gasteiger charge is -2.13. The molecule has 1 aliphatic heterocycles. The molecule has 4 rings (SSSR count). The van der Waals surface area contributed by atoms with E-state index in [4.69, 9.17) is 14.2 Å². The van der Waals surface area contributed by atoms with E-state index in [2.05, 4.69) is 47.8 Å². The lowest BCUT2D eigenvalue weighted by atomic mass is 10.2. The Morgan fingerprint density at radius 2 is 1.70 bits per heavy atom. The van der Waals surface area contributed by atoms with Gasteiger partial charge in [-0.25, -0.2) is 0 Å². The lowest BCUT2D eigenvalue weighted by molar-refractivity contribution is 0.0680. The monoisotopic (exact) mass is 403 g/mol. The minimum atomic E-state index is 0.232. The van der Waals surface area contributed by atoms with Gasteiger partial charge in [0.05, 0.1) is 12.7 Å². The van der Waals surface area contributed by atoms with Gasteiger partial charge in [-0.2, -0.15) is 0 Å². The molecule has 1 atom stereocenters. The maximum absolute atomic E-state index is 5.89. The number of rotatable bonds is 10. The van der Waals surface area contributed by atoms with Crippen LogP contribution in [0.25, 0.3) is 0 Å². The molecule has 0 aliphatic carbocycles. The van der Waals surface area contributed by atoms with Crippen molar-refractivity contribution >= 4 is 5.69 Å². The summed E-state index contributed by atoms with van der Waals surface area (Å²) in [5.41, 5.74) is 3.54. The molecule has 0 unspecified atom stereocenters. The average molecular weight is 404 g/mol. The summed E-state index contributed by atoms with van der Waals surface area (Å²) >= 11 is 0. The summed E-state index contributed by atoms with van der Waals surface area (Å²) in [6, 6.07) is 26.8. The van der Waals surface area contributed by atoms with Gasteiger partial charge in [0, 0.05) is 31.3 Å². The molecule has 1 saturated heterocycles. The van der Waals surface area contributed by atoms with Crippen molar-refractivity contribution in [2.24, 2.45) is 0 Å². The first-order chi connectivity index (χ1) is 14.8. The first-order valence-electron chi connectivity index (χ1n) is 10.7. The third-order valence-corrected chi connectivity index (χ3v) is 5.22. The van der Waals surface area contributed by atoms with Crippen molar-refractivity contribution in [2.45, 2.75) is 31.9 Å². The normalized spacial score (nSPS) is 15.7. The van der Waals surface area contributed by atoms with Gasteiger partial charge in [0.15, 0.2) is 0 Å². The fraction of sp³-hybridized carbons (Fsp3) is 0.308. The second kappa shape index (κ2) is 10.7. The summed E-state index contributed by atoms with van der Waals surface area (Å²) < 4.78 is 17.4. The fourth-order valence-corrected chi connectivity index (χ4v) is 3.50. The van der Waals surface area contributed by atoms with E-state index in [1.54, 1.807) is 0 Å². The van der Waals surface area contributed by atoms with E-state index in [0.29, 0.717) is 13.2 Å². The van der Waals surface area contributed by atoms with E-state index in [1.807, 2.05) is 36.4 Å². The molecule has 4 nitrogen and oxygen atoms in total. The number of nitrogens with one attached hydrogen (secondary N) is 1. The maximum Gasteiger partial charge on any atom is 0.121 e. The Bertz CT molecular complexity index is 890. The van der Waals surface area contributed by atoms with Crippen molar-refractivity contribution in [3.63, 3.8) is 0 Å². The molecular formula is C26H29NO3. The molecule has 3 aromatic carbocycles. The summed E-state index contributed by atoms with van der Waals surface area (Å²) in [6.45, 7) is 2.90. The van der Waals surface area contributed by atoms with Crippen LogP contribution in [0.4, 0.5) is 5.69 Å². The number of anilines is 1. The number of benzene rings is 3. The van der Waals surface area contributed by atoms with Crippen molar-refractivity contribution in [1.29, 1.82) is 0 Å². The molecule has 1 fully saturated rings. The van der Waals surface area contributed by atoms with Gasteiger partial charge in [-0.1, -0.05) is 48.5 Å². The van der Waals surface area contributed by atoms with Gasteiger partial charge >= 0.3 is 0 Å². The molecule has 156 valence electrons. The van der Waals surface area contributed by atoms with Crippen LogP contribution in [0.3, 0.4) is 0 Å². The van der Waals surface area contributed by atoms with Gasteiger partial charge in [-0.05, 0) is 48.2 Å². The van der Waals surface area contributed by atoms with Crippen LogP contribution in [0.15, 0.2) is 78.9 Å². The highest BCUT2D eigenvalue weighted by Crippen LogP contribution is 2.21. The highest BCUT2D eigenvalue weighted by atomic mass is 16.5. The second-order valence-electron chi connectivity index (χ2n) is 7.56. The fourth-order valence-electron chi connectivity index (χ4n) is 3.50. The zero-order valence-electron chi connectivity index (χ0n) is 17.3. The largest absolute Gasteiger partial charge is 0.493 e. The van der Waals surface area contributed by atoms with Crippen LogP contribution >= 0.6 is 0 Å². The molecule has 0 amide bonds. The van der Waals surface area contributed by atoms with Gasteiger partial charge in [-0.15, -0.1) is 0 Å². The summed E-state index contributed by atoms with van der Waals surface area (Å²) in [4.78, 5) is 0. The van der Waals surface area contributed by atoms with E-state index < -0.39 is 0 Å². The first-order valence-corrected chi connectivity index (χ1v) is 10.7. The zero-order chi connectivity index (χ0) is 20.4. The van der Waals surface area contributed by atoms with Gasteiger partial charge < -0.3 is 19.5 Å². The highest BCUT2D eigenvalue weighted by Gasteiger charge is 2.15. The van der Waals surface area contributed by atoms with Crippen molar-refractivity contribution in [3.8, 4) is 11.5 Å². The van der Waals surface area contributed by atoms with Crippen LogP contribution in [-0.2, 0) is 17.7 Å². The minimum Gasteiger partial charge on any atom is -0.493 e. The predicted molar refractivity (Wildman–Crippen MR) is 120 cm³/mol. The van der Waals surface area contributed by atoms with Crippen LogP contribution < -0.4 is 14.8 Å².